The van der Waals surface area contributed by atoms with Crippen LogP contribution in [-0.4, -0.2) is 52.8 Å². The molecule has 0 aromatic carbocycles. The number of Topliss-reactive ketones (excluding diaryl/α,β-unsaturated/α-hetero) is 1. The number of piperidine rings is 1. The molecule has 2 N–H and O–H groups in total. The van der Waals surface area contributed by atoms with Crippen molar-refractivity contribution in [2.45, 2.75) is 71.9 Å². The quantitative estimate of drug-likeness (QED) is 0.671. The summed E-state index contributed by atoms with van der Waals surface area (Å²) < 4.78 is 0. The second-order valence-corrected chi connectivity index (χ2v) is 7.38. The van der Waals surface area contributed by atoms with Crippen molar-refractivity contribution in [2.24, 2.45) is 11.8 Å². The molecular formula is C18H32N2O4. The molecule has 24 heavy (non-hydrogen) atoms. The predicted octanol–water partition coefficient (Wildman–Crippen LogP) is 2.07. The summed E-state index contributed by atoms with van der Waals surface area (Å²) in [5.74, 6) is -0.325. The van der Waals surface area contributed by atoms with Gasteiger partial charge in [0.05, 0.1) is 12.5 Å². The first-order valence-corrected chi connectivity index (χ1v) is 9.00. The van der Waals surface area contributed by atoms with Crippen LogP contribution in [0.25, 0.3) is 0 Å². The molecule has 138 valence electrons. The van der Waals surface area contributed by atoms with Gasteiger partial charge >= 0.3 is 5.97 Å². The Morgan fingerprint density at radius 2 is 1.67 bits per heavy atom. The van der Waals surface area contributed by atoms with E-state index in [1.54, 1.807) is 4.90 Å². The van der Waals surface area contributed by atoms with E-state index in [-0.39, 0.29) is 42.5 Å². The highest BCUT2D eigenvalue weighted by atomic mass is 16.4. The summed E-state index contributed by atoms with van der Waals surface area (Å²) in [7, 11) is 0. The van der Waals surface area contributed by atoms with E-state index in [0.717, 1.165) is 19.3 Å². The Morgan fingerprint density at radius 3 is 2.12 bits per heavy atom. The number of carbonyl (C=O) groups excluding carboxylic acids is 2. The molecular weight excluding hydrogens is 308 g/mol. The number of nitrogens with one attached hydrogen (secondary N) is 1. The lowest BCUT2D eigenvalue weighted by Crippen LogP contribution is -2.46. The predicted molar refractivity (Wildman–Crippen MR) is 92.7 cm³/mol. The molecule has 6 heteroatoms. The maximum absolute atomic E-state index is 12.4. The number of nitrogens with zero attached hydrogens (tertiary/aromatic N) is 1. The fraction of sp³-hybridized carbons (Fsp3) is 0.833. The van der Waals surface area contributed by atoms with Gasteiger partial charge in [-0.3, -0.25) is 14.4 Å². The molecule has 1 atom stereocenters. The summed E-state index contributed by atoms with van der Waals surface area (Å²) in [4.78, 5) is 36.7. The summed E-state index contributed by atoms with van der Waals surface area (Å²) in [6.07, 6.45) is 2.53. The zero-order valence-electron chi connectivity index (χ0n) is 15.4. The molecule has 1 aliphatic rings. The number of likely N-dealkylation sites (tertiary alicyclic amines) is 1. The number of hydrogen-bond donors (Lipinski definition) is 2. The second-order valence-electron chi connectivity index (χ2n) is 7.38. The Bertz CT molecular complexity index is 440. The molecule has 1 amide bonds. The lowest BCUT2D eigenvalue weighted by atomic mass is 9.86. The zero-order chi connectivity index (χ0) is 18.3. The Hall–Kier alpha value is -1.43. The van der Waals surface area contributed by atoms with Gasteiger partial charge in [-0.05, 0) is 25.2 Å². The highest BCUT2D eigenvalue weighted by Gasteiger charge is 2.29. The first-order chi connectivity index (χ1) is 11.2. The lowest BCUT2D eigenvalue weighted by Gasteiger charge is -2.34. The van der Waals surface area contributed by atoms with Gasteiger partial charge in [-0.15, -0.1) is 0 Å². The fourth-order valence-electron chi connectivity index (χ4n) is 3.19. The van der Waals surface area contributed by atoms with Crippen LogP contribution in [-0.2, 0) is 14.4 Å². The van der Waals surface area contributed by atoms with Crippen molar-refractivity contribution in [3.8, 4) is 0 Å². The maximum Gasteiger partial charge on any atom is 0.303 e. The lowest BCUT2D eigenvalue weighted by molar-refractivity contribution is -0.141. The third kappa shape index (κ3) is 6.99. The summed E-state index contributed by atoms with van der Waals surface area (Å²) in [6, 6.07) is 0.139. The normalized spacial score (nSPS) is 17.3. The van der Waals surface area contributed by atoms with E-state index in [0.29, 0.717) is 19.0 Å². The van der Waals surface area contributed by atoms with E-state index in [4.69, 9.17) is 5.11 Å². The average Bonchev–Trinajstić information content (AvgIpc) is 2.51. The molecule has 1 heterocycles. The standard InChI is InChI=1S/C18H32N2O4/c1-12(2)18(24)15(19-13(3)4)11-14-7-9-20(10-8-14)16(21)5-6-17(22)23/h12-15,19H,5-11H2,1-4H3,(H,22,23)/t15-/m0/s1. The van der Waals surface area contributed by atoms with E-state index in [1.807, 2.05) is 27.7 Å². The Labute approximate surface area is 145 Å². The van der Waals surface area contributed by atoms with Gasteiger partial charge in [-0.2, -0.15) is 0 Å². The second kappa shape index (κ2) is 9.77. The minimum absolute atomic E-state index is 0.0129. The van der Waals surface area contributed by atoms with Gasteiger partial charge in [0, 0.05) is 31.5 Å². The molecule has 0 aromatic heterocycles. The molecule has 1 rings (SSSR count). The number of carbonyl (C=O) groups is 3. The summed E-state index contributed by atoms with van der Waals surface area (Å²) in [5.41, 5.74) is 0. The molecule has 1 saturated heterocycles. The Balaban J connectivity index is 2.49. The van der Waals surface area contributed by atoms with Crippen LogP contribution in [0.2, 0.25) is 0 Å². The Morgan fingerprint density at radius 1 is 1.08 bits per heavy atom. The molecule has 1 aliphatic heterocycles. The van der Waals surface area contributed by atoms with Crippen molar-refractivity contribution in [1.82, 2.24) is 10.2 Å². The first kappa shape index (κ1) is 20.6. The smallest absolute Gasteiger partial charge is 0.303 e. The van der Waals surface area contributed by atoms with Crippen LogP contribution >= 0.6 is 0 Å². The van der Waals surface area contributed by atoms with Crippen LogP contribution in [0.4, 0.5) is 0 Å². The fourth-order valence-corrected chi connectivity index (χ4v) is 3.19. The minimum atomic E-state index is -0.937. The van der Waals surface area contributed by atoms with Gasteiger partial charge < -0.3 is 15.3 Å². The van der Waals surface area contributed by atoms with Gasteiger partial charge in [-0.25, -0.2) is 0 Å². The van der Waals surface area contributed by atoms with Crippen LogP contribution in [0.15, 0.2) is 0 Å². The van der Waals surface area contributed by atoms with Gasteiger partial charge in [0.1, 0.15) is 0 Å². The van der Waals surface area contributed by atoms with Crippen molar-refractivity contribution in [3.05, 3.63) is 0 Å². The third-order valence-electron chi connectivity index (χ3n) is 4.54. The van der Waals surface area contributed by atoms with Crippen LogP contribution in [0, 0.1) is 11.8 Å². The van der Waals surface area contributed by atoms with Crippen LogP contribution in [0.1, 0.15) is 59.8 Å². The number of amides is 1. The van der Waals surface area contributed by atoms with E-state index in [2.05, 4.69) is 5.32 Å². The van der Waals surface area contributed by atoms with Crippen molar-refractivity contribution < 1.29 is 19.5 Å². The van der Waals surface area contributed by atoms with Gasteiger partial charge in [0.25, 0.3) is 0 Å². The van der Waals surface area contributed by atoms with Gasteiger partial charge in [0.15, 0.2) is 5.78 Å². The van der Waals surface area contributed by atoms with Crippen molar-refractivity contribution in [1.29, 1.82) is 0 Å². The molecule has 0 bridgehead atoms. The van der Waals surface area contributed by atoms with Crippen molar-refractivity contribution in [3.63, 3.8) is 0 Å². The monoisotopic (exact) mass is 340 g/mol. The summed E-state index contributed by atoms with van der Waals surface area (Å²) in [5, 5.41) is 12.0. The van der Waals surface area contributed by atoms with E-state index >= 15 is 0 Å². The van der Waals surface area contributed by atoms with Gasteiger partial charge in [-0.1, -0.05) is 27.7 Å². The van der Waals surface area contributed by atoms with Gasteiger partial charge in [0.2, 0.25) is 5.91 Å². The Kier molecular flexibility index (Phi) is 8.39. The van der Waals surface area contributed by atoms with E-state index < -0.39 is 5.97 Å². The largest absolute Gasteiger partial charge is 0.481 e. The third-order valence-corrected chi connectivity index (χ3v) is 4.54. The molecule has 6 nitrogen and oxygen atoms in total. The number of rotatable bonds is 9. The molecule has 0 spiro atoms. The number of aliphatic carboxylic acids is 1. The van der Waals surface area contributed by atoms with Crippen molar-refractivity contribution >= 4 is 17.7 Å². The zero-order valence-corrected chi connectivity index (χ0v) is 15.4. The first-order valence-electron chi connectivity index (χ1n) is 9.00. The van der Waals surface area contributed by atoms with Crippen LogP contribution in [0.5, 0.6) is 0 Å². The summed E-state index contributed by atoms with van der Waals surface area (Å²) in [6.45, 7) is 9.28. The van der Waals surface area contributed by atoms with E-state index in [9.17, 15) is 14.4 Å². The number of ketones is 1. The maximum atomic E-state index is 12.4. The minimum Gasteiger partial charge on any atom is -0.481 e. The molecule has 1 fully saturated rings. The van der Waals surface area contributed by atoms with Crippen LogP contribution in [0.3, 0.4) is 0 Å². The van der Waals surface area contributed by atoms with Crippen LogP contribution < -0.4 is 5.32 Å². The summed E-state index contributed by atoms with van der Waals surface area (Å²) >= 11 is 0. The average molecular weight is 340 g/mol. The van der Waals surface area contributed by atoms with Crippen molar-refractivity contribution in [2.75, 3.05) is 13.1 Å². The molecule has 0 saturated carbocycles. The molecule has 0 unspecified atom stereocenters. The number of carboxylic acids is 1. The SMILES string of the molecule is CC(C)N[C@@H](CC1CCN(C(=O)CCC(=O)O)CC1)C(=O)C(C)C. The topological polar surface area (TPSA) is 86.7 Å². The number of carboxylic acid groups (broad SMARTS) is 1. The molecule has 0 aliphatic carbocycles. The molecule has 0 aromatic rings. The van der Waals surface area contributed by atoms with E-state index in [1.165, 1.54) is 0 Å². The number of hydrogen-bond acceptors (Lipinski definition) is 4. The molecule has 0 radical (unpaired) electrons. The highest BCUT2D eigenvalue weighted by molar-refractivity contribution is 5.85. The highest BCUT2D eigenvalue weighted by Crippen LogP contribution is 2.24.